The number of ether oxygens (including phenoxy) is 1. The van der Waals surface area contributed by atoms with Crippen molar-refractivity contribution in [1.29, 1.82) is 0 Å². The second-order valence-electron chi connectivity index (χ2n) is 11.2. The van der Waals surface area contributed by atoms with E-state index in [0.717, 1.165) is 33.2 Å². The molecule has 3 heterocycles. The Labute approximate surface area is 231 Å². The number of rotatable bonds is 6. The van der Waals surface area contributed by atoms with E-state index in [9.17, 15) is 19.8 Å². The van der Waals surface area contributed by atoms with Crippen molar-refractivity contribution in [3.63, 3.8) is 0 Å². The van der Waals surface area contributed by atoms with Crippen molar-refractivity contribution in [3.8, 4) is 0 Å². The number of carbonyl (C=O) groups is 2. The van der Waals surface area contributed by atoms with E-state index in [2.05, 4.69) is 28.7 Å². The number of benzene rings is 2. The van der Waals surface area contributed by atoms with Crippen LogP contribution in [0.25, 0.3) is 0 Å². The lowest BCUT2D eigenvalue weighted by atomic mass is 9.71. The maximum Gasteiger partial charge on any atom is 0.264 e. The first-order chi connectivity index (χ1) is 17.6. The molecule has 3 aliphatic heterocycles. The van der Waals surface area contributed by atoms with Crippen LogP contribution >= 0.6 is 22.6 Å². The van der Waals surface area contributed by atoms with Gasteiger partial charge in [0, 0.05) is 27.5 Å². The van der Waals surface area contributed by atoms with Gasteiger partial charge in [0.1, 0.15) is 0 Å². The number of likely N-dealkylation sites (tertiary alicyclic amines) is 1. The van der Waals surface area contributed by atoms with Crippen LogP contribution in [0.4, 0.5) is 5.69 Å². The summed E-state index contributed by atoms with van der Waals surface area (Å²) in [4.78, 5) is 31.2. The van der Waals surface area contributed by atoms with Crippen molar-refractivity contribution in [2.45, 2.75) is 69.9 Å². The van der Waals surface area contributed by atoms with Crippen LogP contribution in [0.5, 0.6) is 0 Å². The lowest BCUT2D eigenvalue weighted by molar-refractivity contribution is -0.150. The second-order valence-corrected chi connectivity index (χ2v) is 12.4. The number of anilines is 1. The molecule has 2 amide bonds. The number of fused-ring (bicyclic) bond motifs is 2. The van der Waals surface area contributed by atoms with E-state index in [4.69, 9.17) is 4.74 Å². The average Bonchev–Trinajstić information content (AvgIpc) is 3.50. The molecule has 3 aliphatic rings. The van der Waals surface area contributed by atoms with Gasteiger partial charge in [0.25, 0.3) is 5.91 Å². The number of hydrogen-bond donors (Lipinski definition) is 2. The lowest BCUT2D eigenvalue weighted by Gasteiger charge is -2.34. The maximum atomic E-state index is 14.3. The highest BCUT2D eigenvalue weighted by molar-refractivity contribution is 14.1. The molecule has 1 spiro atoms. The third-order valence-electron chi connectivity index (χ3n) is 8.41. The molecule has 0 aliphatic carbocycles. The molecule has 7 nitrogen and oxygen atoms in total. The molecule has 8 heteroatoms. The van der Waals surface area contributed by atoms with E-state index in [1.165, 1.54) is 0 Å². The zero-order valence-corrected chi connectivity index (χ0v) is 23.7. The summed E-state index contributed by atoms with van der Waals surface area (Å²) in [5.74, 6) is -1.07. The molecule has 2 saturated heterocycles. The molecule has 5 rings (SSSR count). The van der Waals surface area contributed by atoms with Crippen LogP contribution in [0.15, 0.2) is 48.5 Å². The van der Waals surface area contributed by atoms with Crippen LogP contribution in [0.3, 0.4) is 0 Å². The summed E-state index contributed by atoms with van der Waals surface area (Å²) in [5, 5.41) is 21.0. The van der Waals surface area contributed by atoms with Crippen LogP contribution in [0, 0.1) is 15.4 Å². The first-order valence-corrected chi connectivity index (χ1v) is 14.1. The lowest BCUT2D eigenvalue weighted by Crippen LogP contribution is -2.46. The molecule has 2 N–H and O–H groups in total. The zero-order chi connectivity index (χ0) is 26.5. The minimum Gasteiger partial charge on any atom is -0.394 e. The maximum absolute atomic E-state index is 14.3. The van der Waals surface area contributed by atoms with Gasteiger partial charge in [-0.3, -0.25) is 9.59 Å². The van der Waals surface area contributed by atoms with Crippen molar-refractivity contribution in [1.82, 2.24) is 4.90 Å². The molecular formula is C29H35IN2O5. The number of amides is 2. The topological polar surface area (TPSA) is 90.3 Å². The van der Waals surface area contributed by atoms with Crippen molar-refractivity contribution in [2.75, 3.05) is 18.1 Å². The minimum absolute atomic E-state index is 0.0591. The number of para-hydroxylation sites is 1. The Hall–Kier alpha value is -2.01. The van der Waals surface area contributed by atoms with Gasteiger partial charge in [0.15, 0.2) is 5.60 Å². The van der Waals surface area contributed by atoms with Crippen molar-refractivity contribution >= 4 is 40.1 Å². The molecule has 0 aromatic heterocycles. The third-order valence-corrected chi connectivity index (χ3v) is 9.08. The first kappa shape index (κ1) is 26.6. The predicted octanol–water partition coefficient (Wildman–Crippen LogP) is 3.83. The number of carbonyl (C=O) groups excluding carboxylic acids is 2. The summed E-state index contributed by atoms with van der Waals surface area (Å²) >= 11 is 2.27. The van der Waals surface area contributed by atoms with E-state index < -0.39 is 23.2 Å². The zero-order valence-electron chi connectivity index (χ0n) is 21.6. The Bertz CT molecular complexity index is 1200. The molecule has 198 valence electrons. The van der Waals surface area contributed by atoms with Crippen LogP contribution in [0.1, 0.15) is 51.2 Å². The molecule has 2 aromatic rings. The Morgan fingerprint density at radius 3 is 2.68 bits per heavy atom. The van der Waals surface area contributed by atoms with Crippen molar-refractivity contribution in [2.24, 2.45) is 11.8 Å². The number of aliphatic hydroxyl groups excluding tert-OH is 1. The van der Waals surface area contributed by atoms with Gasteiger partial charge in [-0.15, -0.1) is 0 Å². The number of hydrogen-bond acceptors (Lipinski definition) is 5. The number of halogens is 1. The van der Waals surface area contributed by atoms with Gasteiger partial charge >= 0.3 is 0 Å². The fraction of sp³-hybridized carbons (Fsp3) is 0.517. The summed E-state index contributed by atoms with van der Waals surface area (Å²) < 4.78 is 7.82. The molecule has 0 radical (unpaired) electrons. The van der Waals surface area contributed by atoms with E-state index in [1.54, 1.807) is 23.6 Å². The van der Waals surface area contributed by atoms with Gasteiger partial charge < -0.3 is 24.7 Å². The largest absolute Gasteiger partial charge is 0.394 e. The second kappa shape index (κ2) is 9.94. The van der Waals surface area contributed by atoms with Crippen LogP contribution in [0.2, 0.25) is 0 Å². The van der Waals surface area contributed by atoms with Crippen molar-refractivity contribution < 1.29 is 24.5 Å². The summed E-state index contributed by atoms with van der Waals surface area (Å²) in [6.45, 7) is 6.38. The Balaban J connectivity index is 1.51. The Morgan fingerprint density at radius 1 is 1.22 bits per heavy atom. The fourth-order valence-electron chi connectivity index (χ4n) is 6.85. The SMILES string of the molecule is C[C@@H]1[C@@H](C(C)(C)O)[C@H](CC(=O)N2CCC[C@H]2CO)O[C@@]12C(=O)N(Cc1cccc(I)c1)c1ccccc12. The summed E-state index contributed by atoms with van der Waals surface area (Å²) in [5.41, 5.74) is 0.159. The van der Waals surface area contributed by atoms with Gasteiger partial charge in [-0.1, -0.05) is 37.3 Å². The van der Waals surface area contributed by atoms with E-state index in [0.29, 0.717) is 13.1 Å². The number of nitrogens with zero attached hydrogens (tertiary/aromatic N) is 2. The monoisotopic (exact) mass is 618 g/mol. The Kier molecular flexibility index (Phi) is 7.15. The highest BCUT2D eigenvalue weighted by Crippen LogP contribution is 2.58. The molecule has 5 atom stereocenters. The van der Waals surface area contributed by atoms with E-state index in [-0.39, 0.29) is 36.8 Å². The van der Waals surface area contributed by atoms with E-state index in [1.807, 2.05) is 49.4 Å². The molecular weight excluding hydrogens is 583 g/mol. The highest BCUT2D eigenvalue weighted by Gasteiger charge is 2.66. The first-order valence-electron chi connectivity index (χ1n) is 13.0. The standard InChI is InChI=1S/C29H35IN2O5/c1-18-26(28(2,3)36)24(15-25(34)31-13-7-10-21(31)17-33)37-29(18)22-11-4-5-12-23(22)32(27(29)35)16-19-8-6-9-20(30)14-19/h4-6,8-9,11-12,14,18,21,24,26,33,36H,7,10,13,15-17H2,1-3H3/t18-,21+,24+,26-,29+/m1/s1. The van der Waals surface area contributed by atoms with Crippen LogP contribution in [-0.4, -0.2) is 57.8 Å². The van der Waals surface area contributed by atoms with Gasteiger partial charge in [-0.2, -0.15) is 0 Å². The highest BCUT2D eigenvalue weighted by atomic mass is 127. The third kappa shape index (κ3) is 4.49. The van der Waals surface area contributed by atoms with Crippen LogP contribution in [-0.2, 0) is 26.5 Å². The molecule has 0 bridgehead atoms. The van der Waals surface area contributed by atoms with Crippen LogP contribution < -0.4 is 4.90 Å². The molecule has 0 unspecified atom stereocenters. The average molecular weight is 619 g/mol. The predicted molar refractivity (Wildman–Crippen MR) is 149 cm³/mol. The van der Waals surface area contributed by atoms with Gasteiger partial charge in [0.2, 0.25) is 5.91 Å². The van der Waals surface area contributed by atoms with Gasteiger partial charge in [-0.25, -0.2) is 0 Å². The number of aliphatic hydroxyl groups is 2. The van der Waals surface area contributed by atoms with Gasteiger partial charge in [-0.05, 0) is 73.0 Å². The minimum atomic E-state index is -1.28. The molecule has 2 aromatic carbocycles. The summed E-state index contributed by atoms with van der Waals surface area (Å²) in [7, 11) is 0. The quantitative estimate of drug-likeness (QED) is 0.481. The normalized spacial score (nSPS) is 29.4. The fourth-order valence-corrected chi connectivity index (χ4v) is 7.46. The van der Waals surface area contributed by atoms with E-state index >= 15 is 0 Å². The Morgan fingerprint density at radius 2 is 1.97 bits per heavy atom. The molecule has 2 fully saturated rings. The van der Waals surface area contributed by atoms with Crippen molar-refractivity contribution in [3.05, 3.63) is 63.2 Å². The molecule has 37 heavy (non-hydrogen) atoms. The smallest absolute Gasteiger partial charge is 0.264 e. The summed E-state index contributed by atoms with van der Waals surface area (Å²) in [6.07, 6.45) is 1.06. The molecule has 0 saturated carbocycles. The van der Waals surface area contributed by atoms with Gasteiger partial charge in [0.05, 0.1) is 43.0 Å². The summed E-state index contributed by atoms with van der Waals surface area (Å²) in [6, 6.07) is 15.6.